The van der Waals surface area contributed by atoms with Gasteiger partial charge in [0.05, 0.1) is 5.56 Å². The van der Waals surface area contributed by atoms with Crippen LogP contribution in [0, 0.1) is 0 Å². The molecule has 6 nitrogen and oxygen atoms in total. The van der Waals surface area contributed by atoms with Crippen LogP contribution < -0.4 is 4.90 Å². The summed E-state index contributed by atoms with van der Waals surface area (Å²) < 4.78 is 10.7. The highest BCUT2D eigenvalue weighted by Gasteiger charge is 2.29. The Morgan fingerprint density at radius 1 is 1.04 bits per heavy atom. The van der Waals surface area contributed by atoms with Crippen molar-refractivity contribution >= 4 is 29.3 Å². The summed E-state index contributed by atoms with van der Waals surface area (Å²) in [5.41, 5.74) is 1.56. The lowest BCUT2D eigenvalue weighted by Crippen LogP contribution is -2.33. The Hall–Kier alpha value is -2.86. The van der Waals surface area contributed by atoms with Gasteiger partial charge in [-0.05, 0) is 29.3 Å². The van der Waals surface area contributed by atoms with E-state index >= 15 is 0 Å². The Labute approximate surface area is 142 Å². The van der Waals surface area contributed by atoms with Crippen molar-refractivity contribution in [3.63, 3.8) is 0 Å². The van der Waals surface area contributed by atoms with E-state index in [9.17, 15) is 9.59 Å². The number of anilines is 1. The fourth-order valence-corrected chi connectivity index (χ4v) is 2.56. The lowest BCUT2D eigenvalue weighted by Gasteiger charge is -2.14. The van der Waals surface area contributed by atoms with Crippen LogP contribution >= 0.6 is 11.6 Å². The molecule has 0 N–H and O–H groups in total. The Balaban J connectivity index is 2.26. The van der Waals surface area contributed by atoms with Crippen LogP contribution in [-0.2, 0) is 9.59 Å². The number of imide groups is 1. The smallest absolute Gasteiger partial charge is 0.249 e. The number of aromatic nitrogens is 1. The molecule has 0 fully saturated rings. The van der Waals surface area contributed by atoms with Gasteiger partial charge in [0.25, 0.3) is 0 Å². The van der Waals surface area contributed by atoms with Gasteiger partial charge in [-0.25, -0.2) is 4.90 Å². The number of furan rings is 1. The summed E-state index contributed by atoms with van der Waals surface area (Å²) in [6, 6.07) is 12.4. The van der Waals surface area contributed by atoms with E-state index in [1.807, 2.05) is 30.3 Å². The van der Waals surface area contributed by atoms with E-state index in [1.54, 1.807) is 12.1 Å². The zero-order valence-electron chi connectivity index (χ0n) is 12.9. The summed E-state index contributed by atoms with van der Waals surface area (Å²) in [5, 5.41) is 4.19. The first-order valence-corrected chi connectivity index (χ1v) is 7.49. The minimum absolute atomic E-state index is 0.0451. The molecule has 7 heteroatoms. The summed E-state index contributed by atoms with van der Waals surface area (Å²) in [6.07, 6.45) is 0. The molecule has 0 spiro atoms. The average molecular weight is 345 g/mol. The molecule has 122 valence electrons. The third-order valence-electron chi connectivity index (χ3n) is 3.38. The lowest BCUT2D eigenvalue weighted by atomic mass is 10.0. The first kappa shape index (κ1) is 16.0. The second-order valence-electron chi connectivity index (χ2n) is 5.05. The molecule has 2 aromatic heterocycles. The maximum absolute atomic E-state index is 11.9. The zero-order chi connectivity index (χ0) is 17.3. The number of hydrogen-bond acceptors (Lipinski definition) is 5. The van der Waals surface area contributed by atoms with Gasteiger partial charge >= 0.3 is 0 Å². The van der Waals surface area contributed by atoms with Gasteiger partial charge in [0, 0.05) is 13.8 Å². The van der Waals surface area contributed by atoms with Crippen LogP contribution in [0.2, 0.25) is 5.22 Å². The molecular formula is C17H13ClN2O4. The standard InChI is InChI=1S/C17H13ClN2O4/c1-10(21)20(11(2)22)17-15(12-6-4-3-5-7-12)16(19-24-17)13-8-9-14(18)23-13/h3-9H,1-2H3. The fourth-order valence-electron chi connectivity index (χ4n) is 2.42. The number of nitrogens with zero attached hydrogens (tertiary/aromatic N) is 2. The SMILES string of the molecule is CC(=O)N(C(C)=O)c1onc(-c2ccc(Cl)o2)c1-c1ccccc1. The maximum atomic E-state index is 11.9. The summed E-state index contributed by atoms with van der Waals surface area (Å²) in [4.78, 5) is 24.7. The van der Waals surface area contributed by atoms with E-state index in [0.29, 0.717) is 17.0 Å². The summed E-state index contributed by atoms with van der Waals surface area (Å²) in [5.74, 6) is -0.524. The molecule has 0 radical (unpaired) electrons. The number of carbonyl (C=O) groups is 2. The predicted molar refractivity (Wildman–Crippen MR) is 88.5 cm³/mol. The molecule has 0 atom stereocenters. The van der Waals surface area contributed by atoms with Crippen LogP contribution in [0.3, 0.4) is 0 Å². The Kier molecular flexibility index (Phi) is 4.22. The number of halogens is 1. The number of rotatable bonds is 3. The fraction of sp³-hybridized carbons (Fsp3) is 0.118. The molecule has 0 saturated heterocycles. The molecule has 0 aliphatic carbocycles. The van der Waals surface area contributed by atoms with Gasteiger partial charge in [-0.15, -0.1) is 0 Å². The molecule has 24 heavy (non-hydrogen) atoms. The van der Waals surface area contributed by atoms with Gasteiger partial charge in [0.1, 0.15) is 0 Å². The first-order valence-electron chi connectivity index (χ1n) is 7.11. The maximum Gasteiger partial charge on any atom is 0.249 e. The topological polar surface area (TPSA) is 76.6 Å². The number of carbonyl (C=O) groups excluding carboxylic acids is 2. The van der Waals surface area contributed by atoms with Crippen molar-refractivity contribution in [1.29, 1.82) is 0 Å². The highest BCUT2D eigenvalue weighted by Crippen LogP contribution is 2.40. The largest absolute Gasteiger partial charge is 0.443 e. The monoisotopic (exact) mass is 344 g/mol. The van der Waals surface area contributed by atoms with E-state index in [-0.39, 0.29) is 11.1 Å². The predicted octanol–water partition coefficient (Wildman–Crippen LogP) is 4.15. The van der Waals surface area contributed by atoms with Crippen molar-refractivity contribution in [3.8, 4) is 22.6 Å². The highest BCUT2D eigenvalue weighted by atomic mass is 35.5. The molecule has 0 saturated carbocycles. The van der Waals surface area contributed by atoms with Crippen molar-refractivity contribution in [3.05, 3.63) is 47.7 Å². The molecule has 0 bridgehead atoms. The second kappa shape index (κ2) is 6.33. The molecule has 3 aromatic rings. The third kappa shape index (κ3) is 2.83. The lowest BCUT2D eigenvalue weighted by molar-refractivity contribution is -0.124. The number of benzene rings is 1. The molecule has 3 rings (SSSR count). The van der Waals surface area contributed by atoms with Gasteiger partial charge in [-0.1, -0.05) is 35.5 Å². The van der Waals surface area contributed by atoms with E-state index in [2.05, 4.69) is 5.16 Å². The van der Waals surface area contributed by atoms with Gasteiger partial charge < -0.3 is 8.94 Å². The Morgan fingerprint density at radius 2 is 1.71 bits per heavy atom. The minimum atomic E-state index is -0.472. The average Bonchev–Trinajstić information content (AvgIpc) is 3.14. The van der Waals surface area contributed by atoms with Gasteiger partial charge in [0.15, 0.2) is 16.7 Å². The van der Waals surface area contributed by atoms with Gasteiger partial charge in [-0.3, -0.25) is 9.59 Å². The molecule has 1 aromatic carbocycles. The summed E-state index contributed by atoms with van der Waals surface area (Å²) >= 11 is 5.84. The summed E-state index contributed by atoms with van der Waals surface area (Å²) in [7, 11) is 0. The van der Waals surface area contributed by atoms with Crippen molar-refractivity contribution < 1.29 is 18.5 Å². The molecular weight excluding hydrogens is 332 g/mol. The summed E-state index contributed by atoms with van der Waals surface area (Å²) in [6.45, 7) is 2.56. The molecule has 0 unspecified atom stereocenters. The molecule has 0 aliphatic heterocycles. The van der Waals surface area contributed by atoms with E-state index < -0.39 is 11.8 Å². The van der Waals surface area contributed by atoms with Crippen LogP contribution in [0.1, 0.15) is 13.8 Å². The van der Waals surface area contributed by atoms with E-state index in [1.165, 1.54) is 13.8 Å². The highest BCUT2D eigenvalue weighted by molar-refractivity contribution is 6.29. The van der Waals surface area contributed by atoms with Crippen molar-refractivity contribution in [2.45, 2.75) is 13.8 Å². The van der Waals surface area contributed by atoms with Gasteiger partial charge in [0.2, 0.25) is 17.7 Å². The minimum Gasteiger partial charge on any atom is -0.443 e. The van der Waals surface area contributed by atoms with Crippen LogP contribution in [0.15, 0.2) is 51.4 Å². The Bertz CT molecular complexity index is 884. The van der Waals surface area contributed by atoms with Crippen LogP contribution in [0.5, 0.6) is 0 Å². The second-order valence-corrected chi connectivity index (χ2v) is 5.43. The number of hydrogen-bond donors (Lipinski definition) is 0. The van der Waals surface area contributed by atoms with E-state index in [0.717, 1.165) is 10.5 Å². The van der Waals surface area contributed by atoms with Crippen LogP contribution in [-0.4, -0.2) is 17.0 Å². The van der Waals surface area contributed by atoms with Gasteiger partial charge in [-0.2, -0.15) is 0 Å². The van der Waals surface area contributed by atoms with Crippen LogP contribution in [0.4, 0.5) is 5.88 Å². The normalized spacial score (nSPS) is 10.6. The van der Waals surface area contributed by atoms with Crippen LogP contribution in [0.25, 0.3) is 22.6 Å². The first-order chi connectivity index (χ1) is 11.5. The number of amides is 2. The molecule has 2 amide bonds. The Morgan fingerprint density at radius 3 is 2.25 bits per heavy atom. The van der Waals surface area contributed by atoms with Crippen molar-refractivity contribution in [1.82, 2.24) is 5.16 Å². The third-order valence-corrected chi connectivity index (χ3v) is 3.58. The quantitative estimate of drug-likeness (QED) is 0.713. The van der Waals surface area contributed by atoms with Crippen molar-refractivity contribution in [2.75, 3.05) is 4.90 Å². The zero-order valence-corrected chi connectivity index (χ0v) is 13.7. The van der Waals surface area contributed by atoms with E-state index in [4.69, 9.17) is 20.5 Å². The molecule has 0 aliphatic rings. The molecule has 2 heterocycles. The van der Waals surface area contributed by atoms with Crippen molar-refractivity contribution in [2.24, 2.45) is 0 Å².